The molecule has 0 saturated carbocycles. The molecule has 0 fully saturated rings. The number of hydrogen-bond donors (Lipinski definition) is 3. The molecular weight excluding hydrogens is 500 g/mol. The number of fused-ring (bicyclic) bond motifs is 1. The summed E-state index contributed by atoms with van der Waals surface area (Å²) in [7, 11) is 0. The molecule has 0 saturated heterocycles. The van der Waals surface area contributed by atoms with E-state index in [-0.39, 0.29) is 11.8 Å². The van der Waals surface area contributed by atoms with Crippen LogP contribution in [-0.2, 0) is 30.2 Å². The zero-order valence-corrected chi connectivity index (χ0v) is 22.0. The van der Waals surface area contributed by atoms with Crippen LogP contribution in [0.25, 0.3) is 11.1 Å². The van der Waals surface area contributed by atoms with E-state index in [1.807, 2.05) is 36.5 Å². The van der Waals surface area contributed by atoms with E-state index in [0.29, 0.717) is 59.2 Å². The lowest BCUT2D eigenvalue weighted by Gasteiger charge is -2.10. The quantitative estimate of drug-likeness (QED) is 0.238. The fourth-order valence-electron chi connectivity index (χ4n) is 3.93. The number of carbonyl (C=O) groups excluding carboxylic acids is 2. The highest BCUT2D eigenvalue weighted by atomic mass is 16.6. The van der Waals surface area contributed by atoms with Crippen LogP contribution in [-0.4, -0.2) is 69.6 Å². The van der Waals surface area contributed by atoms with Crippen LogP contribution in [0.1, 0.15) is 12.5 Å². The molecule has 2 heterocycles. The van der Waals surface area contributed by atoms with Gasteiger partial charge in [0.2, 0.25) is 11.8 Å². The Morgan fingerprint density at radius 3 is 2.26 bits per heavy atom. The molecule has 2 amide bonds. The fraction of sp³-hybridized carbons (Fsp3) is 0.345. The molecule has 1 aliphatic rings. The molecule has 10 heteroatoms. The summed E-state index contributed by atoms with van der Waals surface area (Å²) in [6, 6.07) is 17.1. The van der Waals surface area contributed by atoms with Crippen molar-refractivity contribution in [2.75, 3.05) is 68.7 Å². The number of nitrogens with one attached hydrogen (secondary N) is 3. The van der Waals surface area contributed by atoms with Gasteiger partial charge < -0.3 is 34.9 Å². The van der Waals surface area contributed by atoms with E-state index in [1.54, 1.807) is 24.3 Å². The molecule has 10 nitrogen and oxygen atoms in total. The Labute approximate surface area is 228 Å². The number of amides is 2. The minimum absolute atomic E-state index is 0.0327. The zero-order chi connectivity index (χ0) is 27.3. The second-order valence-electron chi connectivity index (χ2n) is 8.85. The second-order valence-corrected chi connectivity index (χ2v) is 8.85. The third-order valence-electron chi connectivity index (χ3n) is 5.79. The van der Waals surface area contributed by atoms with Crippen molar-refractivity contribution in [1.29, 1.82) is 0 Å². The van der Waals surface area contributed by atoms with Crippen molar-refractivity contribution in [1.82, 2.24) is 4.98 Å². The van der Waals surface area contributed by atoms with E-state index in [1.165, 1.54) is 6.92 Å². The molecule has 0 atom stereocenters. The van der Waals surface area contributed by atoms with Gasteiger partial charge in [0.05, 0.1) is 46.1 Å². The number of carbonyl (C=O) groups is 2. The Hall–Kier alpha value is -3.99. The number of pyridine rings is 1. The molecule has 0 unspecified atom stereocenters. The Balaban J connectivity index is 0.974. The van der Waals surface area contributed by atoms with Crippen molar-refractivity contribution in [3.8, 4) is 16.9 Å². The minimum atomic E-state index is -0.107. The molecule has 3 aromatic rings. The summed E-state index contributed by atoms with van der Waals surface area (Å²) < 4.78 is 22.2. The third kappa shape index (κ3) is 9.36. The summed E-state index contributed by atoms with van der Waals surface area (Å²) in [4.78, 5) is 27.0. The van der Waals surface area contributed by atoms with Gasteiger partial charge in [-0.1, -0.05) is 6.07 Å². The summed E-state index contributed by atoms with van der Waals surface area (Å²) in [6.07, 6.45) is 2.24. The van der Waals surface area contributed by atoms with Gasteiger partial charge in [-0.2, -0.15) is 0 Å². The predicted molar refractivity (Wildman–Crippen MR) is 149 cm³/mol. The number of ether oxygens (including phenoxy) is 4. The van der Waals surface area contributed by atoms with E-state index in [2.05, 4.69) is 20.9 Å². The molecule has 4 rings (SSSR count). The maximum absolute atomic E-state index is 11.5. The van der Waals surface area contributed by atoms with E-state index >= 15 is 0 Å². The number of nitrogens with zero attached hydrogens (tertiary/aromatic N) is 1. The van der Waals surface area contributed by atoms with Crippen molar-refractivity contribution in [3.63, 3.8) is 0 Å². The van der Waals surface area contributed by atoms with Gasteiger partial charge in [0, 0.05) is 36.6 Å². The maximum Gasteiger partial charge on any atom is 0.228 e. The van der Waals surface area contributed by atoms with Gasteiger partial charge in [0.1, 0.15) is 18.2 Å². The van der Waals surface area contributed by atoms with Crippen LogP contribution in [0.5, 0.6) is 5.75 Å². The zero-order valence-electron chi connectivity index (χ0n) is 22.0. The molecule has 1 aliphatic heterocycles. The van der Waals surface area contributed by atoms with Crippen LogP contribution in [0.15, 0.2) is 60.8 Å². The number of anilines is 3. The molecule has 1 aromatic heterocycles. The molecule has 39 heavy (non-hydrogen) atoms. The SMILES string of the molecule is CC(=O)Nc1ccc(OCCOCCOCCOCCNc2ccc(-c3ccc4c(c3)CC(=O)N4)cn2)cc1. The molecule has 2 aromatic carbocycles. The highest BCUT2D eigenvalue weighted by molar-refractivity contribution is 5.99. The van der Waals surface area contributed by atoms with Crippen molar-refractivity contribution in [2.45, 2.75) is 13.3 Å². The monoisotopic (exact) mass is 534 g/mol. The summed E-state index contributed by atoms with van der Waals surface area (Å²) in [5, 5.41) is 8.80. The van der Waals surface area contributed by atoms with Gasteiger partial charge >= 0.3 is 0 Å². The smallest absolute Gasteiger partial charge is 0.228 e. The maximum atomic E-state index is 11.5. The van der Waals surface area contributed by atoms with Crippen LogP contribution >= 0.6 is 0 Å². The van der Waals surface area contributed by atoms with Crippen LogP contribution in [0.3, 0.4) is 0 Å². The molecule has 0 radical (unpaired) electrons. The van der Waals surface area contributed by atoms with Crippen LogP contribution < -0.4 is 20.7 Å². The van der Waals surface area contributed by atoms with Crippen molar-refractivity contribution < 1.29 is 28.5 Å². The Morgan fingerprint density at radius 2 is 1.56 bits per heavy atom. The molecule has 206 valence electrons. The van der Waals surface area contributed by atoms with Crippen LogP contribution in [0, 0.1) is 0 Å². The lowest BCUT2D eigenvalue weighted by atomic mass is 10.0. The first-order chi connectivity index (χ1) is 19.1. The number of benzene rings is 2. The minimum Gasteiger partial charge on any atom is -0.491 e. The van der Waals surface area contributed by atoms with Gasteiger partial charge in [-0.25, -0.2) is 4.98 Å². The lowest BCUT2D eigenvalue weighted by molar-refractivity contribution is -0.115. The molecule has 0 bridgehead atoms. The first-order valence-corrected chi connectivity index (χ1v) is 12.9. The summed E-state index contributed by atoms with van der Waals surface area (Å²) in [5.41, 5.74) is 4.68. The van der Waals surface area contributed by atoms with Gasteiger partial charge in [0.25, 0.3) is 0 Å². The van der Waals surface area contributed by atoms with Crippen molar-refractivity contribution in [3.05, 3.63) is 66.4 Å². The molecule has 3 N–H and O–H groups in total. The van der Waals surface area contributed by atoms with E-state index in [9.17, 15) is 9.59 Å². The van der Waals surface area contributed by atoms with Crippen LogP contribution in [0.4, 0.5) is 17.2 Å². The largest absolute Gasteiger partial charge is 0.491 e. The predicted octanol–water partition coefficient (Wildman–Crippen LogP) is 3.74. The van der Waals surface area contributed by atoms with Crippen molar-refractivity contribution in [2.24, 2.45) is 0 Å². The highest BCUT2D eigenvalue weighted by Crippen LogP contribution is 2.29. The van der Waals surface area contributed by atoms with Gasteiger partial charge in [-0.3, -0.25) is 9.59 Å². The summed E-state index contributed by atoms with van der Waals surface area (Å²) >= 11 is 0. The van der Waals surface area contributed by atoms with Gasteiger partial charge in [-0.05, 0) is 59.7 Å². The number of hydrogen-bond acceptors (Lipinski definition) is 8. The highest BCUT2D eigenvalue weighted by Gasteiger charge is 2.17. The van der Waals surface area contributed by atoms with Gasteiger partial charge in [0.15, 0.2) is 0 Å². The Morgan fingerprint density at radius 1 is 0.872 bits per heavy atom. The third-order valence-corrected chi connectivity index (χ3v) is 5.79. The van der Waals surface area contributed by atoms with Crippen LogP contribution in [0.2, 0.25) is 0 Å². The number of aromatic nitrogens is 1. The number of rotatable bonds is 16. The van der Waals surface area contributed by atoms with Gasteiger partial charge in [-0.15, -0.1) is 0 Å². The normalized spacial score (nSPS) is 12.1. The first-order valence-electron chi connectivity index (χ1n) is 12.9. The van der Waals surface area contributed by atoms with E-state index < -0.39 is 0 Å². The van der Waals surface area contributed by atoms with E-state index in [4.69, 9.17) is 18.9 Å². The molecule has 0 spiro atoms. The topological polar surface area (TPSA) is 120 Å². The van der Waals surface area contributed by atoms with E-state index in [0.717, 1.165) is 39.6 Å². The molecule has 0 aliphatic carbocycles. The fourth-order valence-corrected chi connectivity index (χ4v) is 3.93. The molecular formula is C29H34N4O6. The Bertz CT molecular complexity index is 1220. The first kappa shape index (κ1) is 28.0. The summed E-state index contributed by atoms with van der Waals surface area (Å²) in [5.74, 6) is 1.42. The lowest BCUT2D eigenvalue weighted by Crippen LogP contribution is -2.15. The average Bonchev–Trinajstić information content (AvgIpc) is 3.31. The Kier molecular flexibility index (Phi) is 10.6. The van der Waals surface area contributed by atoms with Crippen molar-refractivity contribution >= 4 is 29.0 Å². The average molecular weight is 535 g/mol. The standard InChI is InChI=1S/C29H34N4O6/c1-21(34)32-25-4-6-26(7-5-25)39-17-16-38-15-14-37-13-12-36-11-10-30-28-9-3-23(20-31-28)22-2-8-27-24(18-22)19-29(35)33-27/h2-9,18,20H,10-17,19H2,1H3,(H,30,31)(H,32,34)(H,33,35). The second kappa shape index (κ2) is 14.8. The summed E-state index contributed by atoms with van der Waals surface area (Å²) in [6.45, 7) is 5.50.